The van der Waals surface area contributed by atoms with Crippen molar-refractivity contribution < 1.29 is 18.6 Å². The number of halogens is 2. The number of benzene rings is 1. The molecule has 2 heterocycles. The van der Waals surface area contributed by atoms with E-state index in [1.54, 1.807) is 35.4 Å². The Labute approximate surface area is 192 Å². The van der Waals surface area contributed by atoms with E-state index in [0.29, 0.717) is 30.5 Å². The Morgan fingerprint density at radius 1 is 1.18 bits per heavy atom. The zero-order valence-corrected chi connectivity index (χ0v) is 18.7. The van der Waals surface area contributed by atoms with Crippen LogP contribution in [0.3, 0.4) is 0 Å². The van der Waals surface area contributed by atoms with Gasteiger partial charge in [0, 0.05) is 24.0 Å². The van der Waals surface area contributed by atoms with Crippen LogP contribution in [0.15, 0.2) is 43.1 Å². The molecule has 3 aromatic rings. The van der Waals surface area contributed by atoms with Crippen LogP contribution in [-0.2, 0) is 0 Å². The Morgan fingerprint density at radius 3 is 2.67 bits per heavy atom. The van der Waals surface area contributed by atoms with Gasteiger partial charge in [-0.3, -0.25) is 4.39 Å². The van der Waals surface area contributed by atoms with Crippen LogP contribution >= 0.6 is 0 Å². The van der Waals surface area contributed by atoms with Crippen molar-refractivity contribution in [2.45, 2.75) is 48.6 Å². The number of phenols is 1. The van der Waals surface area contributed by atoms with Gasteiger partial charge in [-0.25, -0.2) is 14.4 Å². The van der Waals surface area contributed by atoms with E-state index in [9.17, 15) is 9.50 Å². The first kappa shape index (κ1) is 21.9. The highest BCUT2D eigenvalue weighted by molar-refractivity contribution is 6.18. The predicted molar refractivity (Wildman–Crippen MR) is 124 cm³/mol. The van der Waals surface area contributed by atoms with Crippen molar-refractivity contribution in [2.75, 3.05) is 6.67 Å². The molecule has 1 N–H and O–H groups in total. The number of rotatable bonds is 5. The van der Waals surface area contributed by atoms with Crippen LogP contribution in [0.5, 0.6) is 11.8 Å². The largest absolute Gasteiger partial charge is 0.507 e. The monoisotopic (exact) mass is 451 g/mol. The molecule has 33 heavy (non-hydrogen) atoms. The summed E-state index contributed by atoms with van der Waals surface area (Å²) in [7, 11) is 3.92. The lowest BCUT2D eigenvalue weighted by Crippen LogP contribution is -2.38. The number of ether oxygens (including phenoxy) is 1. The van der Waals surface area contributed by atoms with Crippen LogP contribution in [0.25, 0.3) is 16.9 Å². The van der Waals surface area contributed by atoms with Gasteiger partial charge in [0.1, 0.15) is 39.4 Å². The summed E-state index contributed by atoms with van der Waals surface area (Å²) in [5, 5.41) is 17.7. The third-order valence-electron chi connectivity index (χ3n) is 7.67. The molecule has 6 rings (SSSR count). The summed E-state index contributed by atoms with van der Waals surface area (Å²) < 4.78 is 36.9. The molecule has 0 amide bonds. The number of aromatic nitrogens is 5. The van der Waals surface area contributed by atoms with Crippen molar-refractivity contribution in [1.29, 1.82) is 0 Å². The summed E-state index contributed by atoms with van der Waals surface area (Å²) in [5.41, 5.74) is 1.58. The molecular formula is C22H25B2F2N5O2. The van der Waals surface area contributed by atoms with E-state index < -0.39 is 24.3 Å². The van der Waals surface area contributed by atoms with Crippen LogP contribution in [0.2, 0.25) is 10.6 Å². The van der Waals surface area contributed by atoms with E-state index in [0.717, 1.165) is 12.1 Å². The summed E-state index contributed by atoms with van der Waals surface area (Å²) in [6.45, 7) is -0.443. The Morgan fingerprint density at radius 2 is 2.00 bits per heavy atom. The van der Waals surface area contributed by atoms with Gasteiger partial charge in [-0.1, -0.05) is 17.9 Å². The van der Waals surface area contributed by atoms with Crippen LogP contribution in [0, 0.1) is 5.92 Å². The molecule has 2 bridgehead atoms. The molecule has 7 nitrogen and oxygen atoms in total. The standard InChI is InChI=1S/C22H25B2F2N5O2/c23-21-3-4-22(24,8-13(21)10-25)19(26)18(9-21)33-20-28-11-16(29-30-20)15-2-1-14(7-17(15)32)31-6-5-27-12-31/h1-2,5-7,11-13,18-19,32H,3-4,8-10,23-24H2/t13-,18+,19-,21+,22+/m0/s1. The molecule has 0 aliphatic heterocycles. The first-order chi connectivity index (χ1) is 15.8. The molecule has 11 heteroatoms. The third kappa shape index (κ3) is 3.87. The highest BCUT2D eigenvalue weighted by Crippen LogP contribution is 2.63. The van der Waals surface area contributed by atoms with Gasteiger partial charge in [0.25, 0.3) is 0 Å². The number of hydrogen-bond acceptors (Lipinski definition) is 6. The van der Waals surface area contributed by atoms with E-state index in [4.69, 9.17) is 4.74 Å². The average Bonchev–Trinajstić information content (AvgIpc) is 3.31. The Hall–Kier alpha value is -2.97. The van der Waals surface area contributed by atoms with E-state index in [1.807, 2.05) is 21.8 Å². The van der Waals surface area contributed by atoms with Crippen molar-refractivity contribution in [3.8, 4) is 28.7 Å². The van der Waals surface area contributed by atoms with Gasteiger partial charge in [-0.15, -0.1) is 5.10 Å². The molecule has 3 saturated carbocycles. The lowest BCUT2D eigenvalue weighted by molar-refractivity contribution is 0.0641. The molecule has 3 aliphatic rings. The molecule has 5 atom stereocenters. The van der Waals surface area contributed by atoms with E-state index in [1.165, 1.54) is 6.20 Å². The van der Waals surface area contributed by atoms with Crippen LogP contribution < -0.4 is 4.74 Å². The minimum atomic E-state index is -1.24. The molecule has 2 aromatic heterocycles. The first-order valence-corrected chi connectivity index (χ1v) is 11.2. The van der Waals surface area contributed by atoms with Gasteiger partial charge in [0.05, 0.1) is 24.9 Å². The van der Waals surface area contributed by atoms with Crippen molar-refractivity contribution in [3.05, 3.63) is 43.1 Å². The Bertz CT molecular complexity index is 1140. The summed E-state index contributed by atoms with van der Waals surface area (Å²) in [4.78, 5) is 8.22. The highest BCUT2D eigenvalue weighted by atomic mass is 19.1. The first-order valence-electron chi connectivity index (χ1n) is 11.2. The van der Waals surface area contributed by atoms with E-state index >= 15 is 4.39 Å². The van der Waals surface area contributed by atoms with Gasteiger partial charge < -0.3 is 14.4 Å². The molecule has 0 radical (unpaired) electrons. The SMILES string of the molecule is B[C@@]12CC[C@@](B)(C[C@H]1CF)[C@@H](F)[C@H](Oc1ncc(-c3ccc(-n4ccnc4)cc3O)nn1)C2. The fraction of sp³-hybridized carbons (Fsp3) is 0.455. The molecule has 1 aromatic carbocycles. The number of hydrogen-bond donors (Lipinski definition) is 1. The van der Waals surface area contributed by atoms with Crippen LogP contribution in [0.4, 0.5) is 8.78 Å². The predicted octanol–water partition coefficient (Wildman–Crippen LogP) is 2.27. The third-order valence-corrected chi connectivity index (χ3v) is 7.67. The van der Waals surface area contributed by atoms with Gasteiger partial charge in [0.15, 0.2) is 0 Å². The Balaban J connectivity index is 1.35. The van der Waals surface area contributed by atoms with Gasteiger partial charge in [-0.05, 0) is 41.5 Å². The lowest BCUT2D eigenvalue weighted by atomic mass is 9.47. The maximum absolute atomic E-state index is 15.5. The number of phenolic OH excluding ortho intramolecular Hbond substituents is 1. The molecular weight excluding hydrogens is 426 g/mol. The van der Waals surface area contributed by atoms with Crippen molar-refractivity contribution in [1.82, 2.24) is 24.7 Å². The van der Waals surface area contributed by atoms with Crippen LogP contribution in [0.1, 0.15) is 25.7 Å². The fourth-order valence-corrected chi connectivity index (χ4v) is 5.45. The minimum Gasteiger partial charge on any atom is -0.507 e. The summed E-state index contributed by atoms with van der Waals surface area (Å²) >= 11 is 0. The number of aromatic hydroxyl groups is 1. The normalized spacial score (nSPS) is 31.3. The average molecular weight is 451 g/mol. The zero-order valence-electron chi connectivity index (χ0n) is 18.7. The maximum atomic E-state index is 15.5. The molecule has 0 saturated heterocycles. The molecule has 0 spiro atoms. The van der Waals surface area contributed by atoms with Crippen molar-refractivity contribution >= 4 is 15.7 Å². The van der Waals surface area contributed by atoms with Crippen LogP contribution in [-0.4, -0.2) is 64.5 Å². The highest BCUT2D eigenvalue weighted by Gasteiger charge is 2.56. The summed E-state index contributed by atoms with van der Waals surface area (Å²) in [5.74, 6) is -0.147. The number of fused-ring (bicyclic) bond motifs is 4. The number of nitrogens with zero attached hydrogens (tertiary/aromatic N) is 5. The lowest BCUT2D eigenvalue weighted by Gasteiger charge is -2.45. The van der Waals surface area contributed by atoms with Gasteiger partial charge >= 0.3 is 6.01 Å². The van der Waals surface area contributed by atoms with E-state index in [2.05, 4.69) is 20.2 Å². The Kier molecular flexibility index (Phi) is 5.37. The number of alkyl halides is 2. The second-order valence-corrected chi connectivity index (χ2v) is 9.92. The zero-order chi connectivity index (χ0) is 23.2. The van der Waals surface area contributed by atoms with Crippen molar-refractivity contribution in [3.63, 3.8) is 0 Å². The maximum Gasteiger partial charge on any atom is 0.336 e. The second-order valence-electron chi connectivity index (χ2n) is 9.92. The summed E-state index contributed by atoms with van der Waals surface area (Å²) in [6, 6.07) is 5.11. The topological polar surface area (TPSA) is 86.0 Å². The molecule has 0 unspecified atom stereocenters. The van der Waals surface area contributed by atoms with Gasteiger partial charge in [0.2, 0.25) is 0 Å². The van der Waals surface area contributed by atoms with E-state index in [-0.39, 0.29) is 23.0 Å². The van der Waals surface area contributed by atoms with Crippen molar-refractivity contribution in [2.24, 2.45) is 5.92 Å². The fourth-order valence-electron chi connectivity index (χ4n) is 5.45. The quantitative estimate of drug-likeness (QED) is 0.600. The molecule has 170 valence electrons. The second kappa shape index (κ2) is 8.11. The smallest absolute Gasteiger partial charge is 0.336 e. The van der Waals surface area contributed by atoms with Gasteiger partial charge in [-0.2, -0.15) is 0 Å². The minimum absolute atomic E-state index is 0.0215. The number of imidazole rings is 1. The molecule has 3 fully saturated rings. The molecule has 3 aliphatic carbocycles. The summed E-state index contributed by atoms with van der Waals surface area (Å²) in [6.07, 6.45) is 6.95.